The molecule has 0 aromatic carbocycles. The molecule has 0 spiro atoms. The number of carbonyl (C=O) groups excluding carboxylic acids is 1. The van der Waals surface area contributed by atoms with E-state index in [4.69, 9.17) is 16.2 Å². The van der Waals surface area contributed by atoms with Gasteiger partial charge in [0.05, 0.1) is 11.6 Å². The van der Waals surface area contributed by atoms with Crippen molar-refractivity contribution < 1.29 is 9.53 Å². The molecule has 2 rings (SSSR count). The number of nitrogens with two attached hydrogens (primary N) is 2. The lowest BCUT2D eigenvalue weighted by Crippen LogP contribution is -2.55. The summed E-state index contributed by atoms with van der Waals surface area (Å²) in [5.41, 5.74) is 10.9. The normalized spacial score (nSPS) is 37.2. The monoisotopic (exact) mass is 269 g/mol. The van der Waals surface area contributed by atoms with E-state index in [0.717, 1.165) is 58.3 Å². The van der Waals surface area contributed by atoms with E-state index >= 15 is 0 Å². The van der Waals surface area contributed by atoms with Crippen LogP contribution in [0.4, 0.5) is 0 Å². The molecule has 4 N–H and O–H groups in total. The molecule has 1 saturated heterocycles. The minimum absolute atomic E-state index is 0.240. The van der Waals surface area contributed by atoms with Crippen LogP contribution in [-0.4, -0.2) is 48.7 Å². The second-order valence-corrected chi connectivity index (χ2v) is 6.12. The number of hydrogen-bond acceptors (Lipinski definition) is 4. The van der Waals surface area contributed by atoms with Crippen molar-refractivity contribution in [1.82, 2.24) is 4.90 Å². The molecule has 2 aliphatic rings. The average molecular weight is 269 g/mol. The Morgan fingerprint density at radius 1 is 1.47 bits per heavy atom. The summed E-state index contributed by atoms with van der Waals surface area (Å²) in [5, 5.41) is 0. The third-order valence-electron chi connectivity index (χ3n) is 4.66. The molecular formula is C14H27N3O2. The number of primary amides is 1. The molecule has 3 atom stereocenters. The third kappa shape index (κ3) is 3.46. The van der Waals surface area contributed by atoms with E-state index < -0.39 is 5.54 Å². The van der Waals surface area contributed by atoms with Crippen LogP contribution >= 0.6 is 0 Å². The molecule has 19 heavy (non-hydrogen) atoms. The molecule has 0 bridgehead atoms. The maximum Gasteiger partial charge on any atom is 0.237 e. The number of hydrogen-bond donors (Lipinski definition) is 2. The Kier molecular flexibility index (Phi) is 4.81. The molecule has 3 unspecified atom stereocenters. The van der Waals surface area contributed by atoms with E-state index in [1.165, 1.54) is 0 Å². The van der Waals surface area contributed by atoms with Gasteiger partial charge < -0.3 is 21.1 Å². The standard InChI is InChI=1S/C14H27N3O2/c1-11-10-17(7-3-9-19-11)8-5-12-4-2-6-14(12,16)13(15)18/h11-12H,2-10,16H2,1H3,(H2,15,18). The van der Waals surface area contributed by atoms with Gasteiger partial charge in [-0.1, -0.05) is 6.42 Å². The van der Waals surface area contributed by atoms with E-state index in [1.807, 2.05) is 0 Å². The highest BCUT2D eigenvalue weighted by Gasteiger charge is 2.44. The predicted molar refractivity (Wildman–Crippen MR) is 74.5 cm³/mol. The predicted octanol–water partition coefficient (Wildman–Crippen LogP) is 0.470. The van der Waals surface area contributed by atoms with Crippen molar-refractivity contribution in [2.45, 2.75) is 50.7 Å². The molecule has 1 aliphatic heterocycles. The van der Waals surface area contributed by atoms with Gasteiger partial charge in [0, 0.05) is 19.7 Å². The minimum Gasteiger partial charge on any atom is -0.377 e. The minimum atomic E-state index is -0.770. The topological polar surface area (TPSA) is 81.6 Å². The van der Waals surface area contributed by atoms with Crippen LogP contribution in [0.3, 0.4) is 0 Å². The first-order valence-corrected chi connectivity index (χ1v) is 7.45. The van der Waals surface area contributed by atoms with Crippen molar-refractivity contribution >= 4 is 5.91 Å². The molecular weight excluding hydrogens is 242 g/mol. The maximum atomic E-state index is 11.6. The van der Waals surface area contributed by atoms with Gasteiger partial charge in [-0.3, -0.25) is 4.79 Å². The van der Waals surface area contributed by atoms with Crippen molar-refractivity contribution in [3.05, 3.63) is 0 Å². The molecule has 5 heteroatoms. The fourth-order valence-electron chi connectivity index (χ4n) is 3.45. The van der Waals surface area contributed by atoms with Gasteiger partial charge in [0.25, 0.3) is 0 Å². The highest BCUT2D eigenvalue weighted by Crippen LogP contribution is 2.36. The Bertz CT molecular complexity index is 324. The summed E-state index contributed by atoms with van der Waals surface area (Å²) >= 11 is 0. The van der Waals surface area contributed by atoms with E-state index in [-0.39, 0.29) is 11.8 Å². The zero-order valence-corrected chi connectivity index (χ0v) is 11.9. The van der Waals surface area contributed by atoms with Gasteiger partial charge in [0.1, 0.15) is 0 Å². The zero-order chi connectivity index (χ0) is 13.9. The summed E-state index contributed by atoms with van der Waals surface area (Å²) in [6.45, 7) is 6.00. The molecule has 1 amide bonds. The van der Waals surface area contributed by atoms with Crippen molar-refractivity contribution in [3.63, 3.8) is 0 Å². The van der Waals surface area contributed by atoms with Crippen LogP contribution in [0.25, 0.3) is 0 Å². The molecule has 1 heterocycles. The SMILES string of the molecule is CC1CN(CCC2CCCC2(N)C(N)=O)CCCO1. The summed E-state index contributed by atoms with van der Waals surface area (Å²) in [6.07, 6.45) is 5.13. The van der Waals surface area contributed by atoms with Crippen LogP contribution in [-0.2, 0) is 9.53 Å². The van der Waals surface area contributed by atoms with Crippen LogP contribution < -0.4 is 11.5 Å². The van der Waals surface area contributed by atoms with Crippen LogP contribution in [0.5, 0.6) is 0 Å². The largest absolute Gasteiger partial charge is 0.377 e. The number of amides is 1. The highest BCUT2D eigenvalue weighted by molar-refractivity contribution is 5.85. The van der Waals surface area contributed by atoms with E-state index in [2.05, 4.69) is 11.8 Å². The molecule has 5 nitrogen and oxygen atoms in total. The molecule has 0 radical (unpaired) electrons. The van der Waals surface area contributed by atoms with Crippen LogP contribution in [0.15, 0.2) is 0 Å². The molecule has 2 fully saturated rings. The summed E-state index contributed by atoms with van der Waals surface area (Å²) in [7, 11) is 0. The van der Waals surface area contributed by atoms with E-state index in [9.17, 15) is 4.79 Å². The van der Waals surface area contributed by atoms with Gasteiger partial charge in [0.15, 0.2) is 0 Å². The molecule has 0 aromatic heterocycles. The first kappa shape index (κ1) is 14.8. The number of ether oxygens (including phenoxy) is 1. The van der Waals surface area contributed by atoms with Crippen molar-refractivity contribution in [1.29, 1.82) is 0 Å². The fourth-order valence-corrected chi connectivity index (χ4v) is 3.45. The average Bonchev–Trinajstić information content (AvgIpc) is 2.61. The van der Waals surface area contributed by atoms with E-state index in [1.54, 1.807) is 0 Å². The fraction of sp³-hybridized carbons (Fsp3) is 0.929. The Morgan fingerprint density at radius 3 is 3.00 bits per heavy atom. The van der Waals surface area contributed by atoms with Gasteiger partial charge >= 0.3 is 0 Å². The Balaban J connectivity index is 1.85. The number of carbonyl (C=O) groups is 1. The summed E-state index contributed by atoms with van der Waals surface area (Å²) in [4.78, 5) is 14.0. The van der Waals surface area contributed by atoms with Gasteiger partial charge in [0.2, 0.25) is 5.91 Å². The first-order chi connectivity index (χ1) is 9.02. The van der Waals surface area contributed by atoms with Crippen LogP contribution in [0.2, 0.25) is 0 Å². The lowest BCUT2D eigenvalue weighted by atomic mass is 9.85. The Hall–Kier alpha value is -0.650. The van der Waals surface area contributed by atoms with E-state index in [0.29, 0.717) is 6.10 Å². The lowest BCUT2D eigenvalue weighted by Gasteiger charge is -2.30. The maximum absolute atomic E-state index is 11.6. The smallest absolute Gasteiger partial charge is 0.237 e. The first-order valence-electron chi connectivity index (χ1n) is 7.45. The molecule has 1 saturated carbocycles. The quantitative estimate of drug-likeness (QED) is 0.777. The number of rotatable bonds is 4. The van der Waals surface area contributed by atoms with Crippen molar-refractivity contribution in [2.24, 2.45) is 17.4 Å². The highest BCUT2D eigenvalue weighted by atomic mass is 16.5. The van der Waals surface area contributed by atoms with Crippen molar-refractivity contribution in [2.75, 3.05) is 26.2 Å². The Labute approximate surface area is 115 Å². The van der Waals surface area contributed by atoms with Crippen LogP contribution in [0, 0.1) is 5.92 Å². The second kappa shape index (κ2) is 6.20. The van der Waals surface area contributed by atoms with Gasteiger partial charge in [-0.05, 0) is 45.1 Å². The van der Waals surface area contributed by atoms with Crippen LogP contribution in [0.1, 0.15) is 39.0 Å². The third-order valence-corrected chi connectivity index (χ3v) is 4.66. The number of nitrogens with zero attached hydrogens (tertiary/aromatic N) is 1. The lowest BCUT2D eigenvalue weighted by molar-refractivity contribution is -0.124. The zero-order valence-electron chi connectivity index (χ0n) is 11.9. The van der Waals surface area contributed by atoms with Gasteiger partial charge in [-0.2, -0.15) is 0 Å². The Morgan fingerprint density at radius 2 is 2.26 bits per heavy atom. The summed E-state index contributed by atoms with van der Waals surface area (Å²) < 4.78 is 5.64. The second-order valence-electron chi connectivity index (χ2n) is 6.12. The van der Waals surface area contributed by atoms with Gasteiger partial charge in [-0.15, -0.1) is 0 Å². The van der Waals surface area contributed by atoms with Crippen molar-refractivity contribution in [3.8, 4) is 0 Å². The molecule has 0 aromatic rings. The molecule has 110 valence electrons. The summed E-state index contributed by atoms with van der Waals surface area (Å²) in [5.74, 6) is -0.0907. The van der Waals surface area contributed by atoms with Gasteiger partial charge in [-0.25, -0.2) is 0 Å². The molecule has 1 aliphatic carbocycles. The summed E-state index contributed by atoms with van der Waals surface area (Å²) in [6, 6.07) is 0.